The molecule has 0 aliphatic carbocycles. The van der Waals surface area contributed by atoms with Crippen LogP contribution in [0.2, 0.25) is 0 Å². The normalized spacial score (nSPS) is 20.6. The molecule has 1 aromatic rings. The summed E-state index contributed by atoms with van der Waals surface area (Å²) >= 11 is 0. The Hall–Kier alpha value is -1.39. The highest BCUT2D eigenvalue weighted by atomic mass is 16.2. The summed E-state index contributed by atoms with van der Waals surface area (Å²) in [5.41, 5.74) is 7.97. The van der Waals surface area contributed by atoms with Crippen LogP contribution >= 0.6 is 0 Å². The lowest BCUT2D eigenvalue weighted by molar-refractivity contribution is 0.0661. The second-order valence-corrected chi connectivity index (χ2v) is 6.45. The number of carbonyl (C=O) groups is 1. The molecule has 21 heavy (non-hydrogen) atoms. The van der Waals surface area contributed by atoms with Crippen molar-refractivity contribution < 1.29 is 4.79 Å². The van der Waals surface area contributed by atoms with Gasteiger partial charge in [0.15, 0.2) is 0 Å². The summed E-state index contributed by atoms with van der Waals surface area (Å²) in [5, 5.41) is 0. The lowest BCUT2D eigenvalue weighted by Crippen LogP contribution is -2.45. The Bertz CT molecular complexity index is 485. The zero-order chi connectivity index (χ0) is 15.4. The number of rotatable bonds is 4. The average Bonchev–Trinajstić information content (AvgIpc) is 2.46. The lowest BCUT2D eigenvalue weighted by Gasteiger charge is -2.34. The molecule has 0 bridgehead atoms. The first-order chi connectivity index (χ1) is 9.97. The van der Waals surface area contributed by atoms with E-state index in [0.29, 0.717) is 5.92 Å². The molecule has 116 valence electrons. The van der Waals surface area contributed by atoms with Gasteiger partial charge in [0.25, 0.3) is 5.91 Å². The standard InChI is InChI=1S/C17H27N3O/c1-13(18)16-8-5-9-20(12-16)17(21)15-7-4-6-14(10-15)11-19(2)3/h4,6-7,10,13,16H,5,8-9,11-12,18H2,1-3H3. The molecule has 1 saturated heterocycles. The van der Waals surface area contributed by atoms with E-state index in [2.05, 4.69) is 11.0 Å². The van der Waals surface area contributed by atoms with Gasteiger partial charge in [0.05, 0.1) is 0 Å². The van der Waals surface area contributed by atoms with Gasteiger partial charge < -0.3 is 15.5 Å². The number of nitrogens with two attached hydrogens (primary N) is 1. The molecule has 4 nitrogen and oxygen atoms in total. The van der Waals surface area contributed by atoms with Crippen molar-refractivity contribution in [1.82, 2.24) is 9.80 Å². The predicted molar refractivity (Wildman–Crippen MR) is 86.1 cm³/mol. The van der Waals surface area contributed by atoms with Crippen LogP contribution in [-0.4, -0.2) is 48.9 Å². The number of hydrogen-bond acceptors (Lipinski definition) is 3. The van der Waals surface area contributed by atoms with Crippen LogP contribution in [0, 0.1) is 5.92 Å². The third kappa shape index (κ3) is 4.29. The molecule has 1 aliphatic heterocycles. The Balaban J connectivity index is 2.08. The average molecular weight is 289 g/mol. The minimum atomic E-state index is 0.140. The fourth-order valence-corrected chi connectivity index (χ4v) is 2.97. The van der Waals surface area contributed by atoms with Crippen molar-refractivity contribution in [3.05, 3.63) is 35.4 Å². The summed E-state index contributed by atoms with van der Waals surface area (Å²) < 4.78 is 0. The fraction of sp³-hybridized carbons (Fsp3) is 0.588. The minimum Gasteiger partial charge on any atom is -0.338 e. The van der Waals surface area contributed by atoms with Crippen molar-refractivity contribution >= 4 is 5.91 Å². The van der Waals surface area contributed by atoms with Gasteiger partial charge in [0, 0.05) is 31.2 Å². The first-order valence-corrected chi connectivity index (χ1v) is 7.76. The van der Waals surface area contributed by atoms with Crippen LogP contribution in [0.15, 0.2) is 24.3 Å². The molecule has 0 radical (unpaired) electrons. The molecule has 2 unspecified atom stereocenters. The number of piperidine rings is 1. The Kier molecular flexibility index (Phi) is 5.37. The van der Waals surface area contributed by atoms with Crippen LogP contribution in [-0.2, 0) is 6.54 Å². The van der Waals surface area contributed by atoms with E-state index in [1.54, 1.807) is 0 Å². The molecular formula is C17H27N3O. The van der Waals surface area contributed by atoms with Crippen molar-refractivity contribution in [2.24, 2.45) is 11.7 Å². The van der Waals surface area contributed by atoms with Gasteiger partial charge in [0.2, 0.25) is 0 Å². The summed E-state index contributed by atoms with van der Waals surface area (Å²) in [5.74, 6) is 0.564. The number of amides is 1. The first-order valence-electron chi connectivity index (χ1n) is 7.76. The van der Waals surface area contributed by atoms with Crippen molar-refractivity contribution in [3.8, 4) is 0 Å². The third-order valence-corrected chi connectivity index (χ3v) is 4.16. The van der Waals surface area contributed by atoms with Gasteiger partial charge in [-0.15, -0.1) is 0 Å². The van der Waals surface area contributed by atoms with Crippen LogP contribution < -0.4 is 5.73 Å². The number of hydrogen-bond donors (Lipinski definition) is 1. The van der Waals surface area contributed by atoms with E-state index in [1.807, 2.05) is 44.1 Å². The zero-order valence-corrected chi connectivity index (χ0v) is 13.4. The van der Waals surface area contributed by atoms with E-state index in [1.165, 1.54) is 5.56 Å². The molecule has 1 amide bonds. The molecule has 2 atom stereocenters. The molecule has 0 aromatic heterocycles. The van der Waals surface area contributed by atoms with Gasteiger partial charge in [-0.05, 0) is 57.5 Å². The maximum absolute atomic E-state index is 12.7. The summed E-state index contributed by atoms with van der Waals surface area (Å²) in [6, 6.07) is 8.12. The maximum Gasteiger partial charge on any atom is 0.253 e. The van der Waals surface area contributed by atoms with E-state index in [-0.39, 0.29) is 11.9 Å². The molecular weight excluding hydrogens is 262 g/mol. The number of likely N-dealkylation sites (tertiary alicyclic amines) is 1. The molecule has 1 fully saturated rings. The van der Waals surface area contributed by atoms with Crippen molar-refractivity contribution in [1.29, 1.82) is 0 Å². The quantitative estimate of drug-likeness (QED) is 0.921. The molecule has 4 heteroatoms. The highest BCUT2D eigenvalue weighted by Crippen LogP contribution is 2.21. The van der Waals surface area contributed by atoms with Crippen molar-refractivity contribution in [2.75, 3.05) is 27.2 Å². The van der Waals surface area contributed by atoms with E-state index >= 15 is 0 Å². The van der Waals surface area contributed by atoms with E-state index in [0.717, 1.165) is 38.0 Å². The zero-order valence-electron chi connectivity index (χ0n) is 13.4. The van der Waals surface area contributed by atoms with Crippen LogP contribution in [0.25, 0.3) is 0 Å². The predicted octanol–water partition coefficient (Wildman–Crippen LogP) is 1.95. The summed E-state index contributed by atoms with van der Waals surface area (Å²) in [6.45, 7) is 4.52. The van der Waals surface area contributed by atoms with E-state index in [9.17, 15) is 4.79 Å². The Labute approximate surface area is 127 Å². The van der Waals surface area contributed by atoms with Crippen LogP contribution in [0.4, 0.5) is 0 Å². The Morgan fingerprint density at radius 1 is 1.48 bits per heavy atom. The SMILES string of the molecule is CC(N)C1CCCN(C(=O)c2cccc(CN(C)C)c2)C1. The second kappa shape index (κ2) is 7.05. The highest BCUT2D eigenvalue weighted by Gasteiger charge is 2.26. The van der Waals surface area contributed by atoms with Gasteiger partial charge in [-0.1, -0.05) is 12.1 Å². The first kappa shape index (κ1) is 16.0. The summed E-state index contributed by atoms with van der Waals surface area (Å²) in [7, 11) is 4.07. The van der Waals surface area contributed by atoms with Gasteiger partial charge in [-0.25, -0.2) is 0 Å². The molecule has 0 saturated carbocycles. The van der Waals surface area contributed by atoms with Crippen molar-refractivity contribution in [3.63, 3.8) is 0 Å². The largest absolute Gasteiger partial charge is 0.338 e. The van der Waals surface area contributed by atoms with Crippen LogP contribution in [0.1, 0.15) is 35.7 Å². The lowest BCUT2D eigenvalue weighted by atomic mass is 9.92. The van der Waals surface area contributed by atoms with Crippen LogP contribution in [0.3, 0.4) is 0 Å². The fourth-order valence-electron chi connectivity index (χ4n) is 2.97. The molecule has 2 rings (SSSR count). The molecule has 1 heterocycles. The van der Waals surface area contributed by atoms with Crippen molar-refractivity contribution in [2.45, 2.75) is 32.4 Å². The van der Waals surface area contributed by atoms with Gasteiger partial charge in [-0.2, -0.15) is 0 Å². The second-order valence-electron chi connectivity index (χ2n) is 6.45. The Morgan fingerprint density at radius 2 is 2.24 bits per heavy atom. The molecule has 2 N–H and O–H groups in total. The van der Waals surface area contributed by atoms with Gasteiger partial charge >= 0.3 is 0 Å². The Morgan fingerprint density at radius 3 is 2.90 bits per heavy atom. The van der Waals surface area contributed by atoms with E-state index in [4.69, 9.17) is 5.73 Å². The van der Waals surface area contributed by atoms with Crippen LogP contribution in [0.5, 0.6) is 0 Å². The minimum absolute atomic E-state index is 0.140. The number of carbonyl (C=O) groups excluding carboxylic acids is 1. The molecule has 0 spiro atoms. The molecule has 1 aromatic carbocycles. The topological polar surface area (TPSA) is 49.6 Å². The van der Waals surface area contributed by atoms with Gasteiger partial charge in [0.1, 0.15) is 0 Å². The summed E-state index contributed by atoms with van der Waals surface area (Å²) in [4.78, 5) is 16.7. The summed E-state index contributed by atoms with van der Waals surface area (Å²) in [6.07, 6.45) is 2.18. The highest BCUT2D eigenvalue weighted by molar-refractivity contribution is 5.94. The van der Waals surface area contributed by atoms with Gasteiger partial charge in [-0.3, -0.25) is 4.79 Å². The third-order valence-electron chi connectivity index (χ3n) is 4.16. The maximum atomic E-state index is 12.7. The monoisotopic (exact) mass is 289 g/mol. The molecule has 1 aliphatic rings. The number of nitrogens with zero attached hydrogens (tertiary/aromatic N) is 2. The number of benzene rings is 1. The van der Waals surface area contributed by atoms with E-state index < -0.39 is 0 Å². The smallest absolute Gasteiger partial charge is 0.253 e.